The number of amides is 2. The van der Waals surface area contributed by atoms with Crippen molar-refractivity contribution in [2.45, 2.75) is 32.2 Å². The number of hydrogen-bond acceptors (Lipinski definition) is 4. The topological polar surface area (TPSA) is 87.5 Å². The van der Waals surface area contributed by atoms with Crippen LogP contribution in [-0.4, -0.2) is 35.3 Å². The second kappa shape index (κ2) is 11.3. The van der Waals surface area contributed by atoms with Crippen molar-refractivity contribution in [2.24, 2.45) is 5.92 Å². The average Bonchev–Trinajstić information content (AvgIpc) is 3.32. The fraction of sp³-hybridized carbons (Fsp3) is 0.267. The molecule has 2 atom stereocenters. The molecule has 2 amide bonds. The van der Waals surface area contributed by atoms with Gasteiger partial charge in [-0.3, -0.25) is 14.5 Å². The summed E-state index contributed by atoms with van der Waals surface area (Å²) in [4.78, 5) is 28.1. The number of nitrogens with one attached hydrogen (secondary N) is 2. The van der Waals surface area contributed by atoms with Gasteiger partial charge in [-0.1, -0.05) is 52.3 Å². The molecule has 1 aliphatic heterocycles. The van der Waals surface area contributed by atoms with Gasteiger partial charge in [0.1, 0.15) is 0 Å². The summed E-state index contributed by atoms with van der Waals surface area (Å²) in [6.07, 6.45) is 3.26. The van der Waals surface area contributed by atoms with Crippen LogP contribution >= 0.6 is 15.9 Å². The number of nitrogens with zero attached hydrogens (tertiary/aromatic N) is 1. The molecule has 3 aromatic rings. The smallest absolute Gasteiger partial charge is 0.248 e. The van der Waals surface area contributed by atoms with Gasteiger partial charge in [0, 0.05) is 40.8 Å². The van der Waals surface area contributed by atoms with E-state index in [2.05, 4.69) is 64.4 Å². The van der Waals surface area contributed by atoms with Crippen LogP contribution in [0.4, 0.5) is 17.1 Å². The molecule has 1 saturated heterocycles. The summed E-state index contributed by atoms with van der Waals surface area (Å²) >= 11 is 3.44. The predicted octanol–water partition coefficient (Wildman–Crippen LogP) is 6.14. The van der Waals surface area contributed by atoms with Crippen molar-refractivity contribution in [2.75, 3.05) is 29.5 Å². The normalized spacial score (nSPS) is 18.2. The number of nitrogens with two attached hydrogens (primary N) is 1. The summed E-state index contributed by atoms with van der Waals surface area (Å²) in [6, 6.07) is 22.9. The molecule has 0 spiro atoms. The highest BCUT2D eigenvalue weighted by atomic mass is 79.9. The molecule has 0 aliphatic carbocycles. The lowest BCUT2D eigenvalue weighted by Gasteiger charge is -2.31. The van der Waals surface area contributed by atoms with E-state index in [0.717, 1.165) is 27.8 Å². The zero-order valence-corrected chi connectivity index (χ0v) is 23.0. The van der Waals surface area contributed by atoms with Crippen molar-refractivity contribution >= 4 is 50.9 Å². The Hall–Kier alpha value is -3.42. The van der Waals surface area contributed by atoms with Gasteiger partial charge in [-0.05, 0) is 74.4 Å². The van der Waals surface area contributed by atoms with Crippen molar-refractivity contribution in [1.29, 1.82) is 0 Å². The van der Waals surface area contributed by atoms with Gasteiger partial charge in [0.25, 0.3) is 0 Å². The van der Waals surface area contributed by atoms with E-state index in [1.165, 1.54) is 6.08 Å². The summed E-state index contributed by atoms with van der Waals surface area (Å²) in [6.45, 7) is 8.04. The fourth-order valence-corrected chi connectivity index (χ4v) is 4.80. The molecule has 1 aliphatic rings. The minimum atomic E-state index is -0.247. The third kappa shape index (κ3) is 6.87. The van der Waals surface area contributed by atoms with E-state index < -0.39 is 0 Å². The fourth-order valence-electron chi connectivity index (χ4n) is 4.53. The Morgan fingerprint density at radius 1 is 0.946 bits per heavy atom. The first-order chi connectivity index (χ1) is 17.6. The highest BCUT2D eigenvalue weighted by Gasteiger charge is 2.42. The van der Waals surface area contributed by atoms with Gasteiger partial charge < -0.3 is 16.4 Å². The van der Waals surface area contributed by atoms with Crippen LogP contribution in [0, 0.1) is 5.92 Å². The molecule has 1 fully saturated rings. The summed E-state index contributed by atoms with van der Waals surface area (Å²) < 4.78 is 0.971. The van der Waals surface area contributed by atoms with Gasteiger partial charge >= 0.3 is 0 Å². The number of para-hydroxylation sites is 2. The van der Waals surface area contributed by atoms with E-state index in [1.54, 1.807) is 18.2 Å². The number of halogens is 1. The highest BCUT2D eigenvalue weighted by Crippen LogP contribution is 2.37. The molecule has 2 unspecified atom stereocenters. The third-order valence-electron chi connectivity index (χ3n) is 6.73. The minimum Gasteiger partial charge on any atom is -0.397 e. The molecule has 4 N–H and O–H groups in total. The first kappa shape index (κ1) is 26.6. The second-order valence-electron chi connectivity index (χ2n) is 10.4. The summed E-state index contributed by atoms with van der Waals surface area (Å²) in [5, 5.41) is 5.89. The third-order valence-corrected chi connectivity index (χ3v) is 7.26. The average molecular weight is 562 g/mol. The summed E-state index contributed by atoms with van der Waals surface area (Å²) in [5.74, 6) is -0.327. The van der Waals surface area contributed by atoms with Gasteiger partial charge in [0.2, 0.25) is 11.8 Å². The van der Waals surface area contributed by atoms with E-state index in [9.17, 15) is 9.59 Å². The maximum Gasteiger partial charge on any atom is 0.248 e. The molecule has 3 aromatic carbocycles. The van der Waals surface area contributed by atoms with Crippen molar-refractivity contribution in [3.05, 3.63) is 94.5 Å². The van der Waals surface area contributed by atoms with Crippen molar-refractivity contribution in [3.8, 4) is 0 Å². The molecule has 0 aromatic heterocycles. The molecule has 0 bridgehead atoms. The Morgan fingerprint density at radius 2 is 1.62 bits per heavy atom. The number of carbonyl (C=O) groups is 2. The van der Waals surface area contributed by atoms with Gasteiger partial charge in [0.15, 0.2) is 0 Å². The Balaban J connectivity index is 1.47. The minimum absolute atomic E-state index is 0.0277. The maximum atomic E-state index is 13.4. The number of benzene rings is 3. The molecule has 1 heterocycles. The van der Waals surface area contributed by atoms with Gasteiger partial charge in [-0.15, -0.1) is 0 Å². The van der Waals surface area contributed by atoms with Gasteiger partial charge in [0.05, 0.1) is 17.3 Å². The van der Waals surface area contributed by atoms with Crippen molar-refractivity contribution in [3.63, 3.8) is 0 Å². The molecule has 192 valence electrons. The zero-order chi connectivity index (χ0) is 26.6. The summed E-state index contributed by atoms with van der Waals surface area (Å²) in [5.41, 5.74) is 9.77. The van der Waals surface area contributed by atoms with E-state index in [4.69, 9.17) is 5.73 Å². The van der Waals surface area contributed by atoms with Crippen molar-refractivity contribution < 1.29 is 9.59 Å². The number of nitrogen functional groups attached to an aromatic ring is 1. The lowest BCUT2D eigenvalue weighted by molar-refractivity contribution is -0.120. The van der Waals surface area contributed by atoms with Gasteiger partial charge in [-0.25, -0.2) is 0 Å². The first-order valence-corrected chi connectivity index (χ1v) is 13.1. The van der Waals surface area contributed by atoms with Crippen molar-refractivity contribution in [1.82, 2.24) is 4.90 Å². The lowest BCUT2D eigenvalue weighted by Crippen LogP contribution is -2.40. The molecule has 6 nitrogen and oxygen atoms in total. The van der Waals surface area contributed by atoms with Crippen LogP contribution in [0.15, 0.2) is 83.3 Å². The standard InChI is InChI=1S/C30H33BrN4O2/c1-30(2,3)35-18-24(25(19-35)29(37)33-23-15-13-22(31)14-16-23)21-11-8-20(9-12-21)10-17-28(36)34-27-7-5-4-6-26(27)32/h4-17,24-25H,18-19,32H2,1-3H3,(H,33,37)(H,34,36). The van der Waals surface area contributed by atoms with Crippen LogP contribution in [-0.2, 0) is 9.59 Å². The Labute approximate surface area is 227 Å². The maximum absolute atomic E-state index is 13.4. The number of hydrogen-bond donors (Lipinski definition) is 3. The second-order valence-corrected chi connectivity index (χ2v) is 11.3. The van der Waals surface area contributed by atoms with E-state index >= 15 is 0 Å². The van der Waals surface area contributed by atoms with Crippen LogP contribution in [0.5, 0.6) is 0 Å². The van der Waals surface area contributed by atoms with Crippen LogP contribution in [0.2, 0.25) is 0 Å². The van der Waals surface area contributed by atoms with Crippen LogP contribution in [0.3, 0.4) is 0 Å². The Morgan fingerprint density at radius 3 is 2.27 bits per heavy atom. The van der Waals surface area contributed by atoms with Crippen LogP contribution in [0.1, 0.15) is 37.8 Å². The number of rotatable bonds is 6. The number of anilines is 3. The van der Waals surface area contributed by atoms with Crippen LogP contribution < -0.4 is 16.4 Å². The SMILES string of the molecule is CC(C)(C)N1CC(C(=O)Nc2ccc(Br)cc2)C(c2ccc(C=CC(=O)Nc3ccccc3N)cc2)C1. The molecule has 37 heavy (non-hydrogen) atoms. The monoisotopic (exact) mass is 560 g/mol. The van der Waals surface area contributed by atoms with E-state index in [1.807, 2.05) is 48.5 Å². The molecule has 0 radical (unpaired) electrons. The summed E-state index contributed by atoms with van der Waals surface area (Å²) in [7, 11) is 0. The van der Waals surface area contributed by atoms with Crippen LogP contribution in [0.25, 0.3) is 6.08 Å². The molecule has 0 saturated carbocycles. The molecular weight excluding hydrogens is 528 g/mol. The molecule has 7 heteroatoms. The Bertz CT molecular complexity index is 1280. The number of likely N-dealkylation sites (tertiary alicyclic amines) is 1. The number of carbonyl (C=O) groups excluding carboxylic acids is 2. The van der Waals surface area contributed by atoms with E-state index in [0.29, 0.717) is 17.9 Å². The zero-order valence-electron chi connectivity index (χ0n) is 21.4. The largest absolute Gasteiger partial charge is 0.397 e. The Kier molecular flexibility index (Phi) is 8.15. The quantitative estimate of drug-likeness (QED) is 0.250. The molecular formula is C30H33BrN4O2. The molecule has 4 rings (SSSR count). The highest BCUT2D eigenvalue weighted by molar-refractivity contribution is 9.10. The predicted molar refractivity (Wildman–Crippen MR) is 155 cm³/mol. The first-order valence-electron chi connectivity index (χ1n) is 12.3. The lowest BCUT2D eigenvalue weighted by atomic mass is 9.88. The van der Waals surface area contributed by atoms with E-state index in [-0.39, 0.29) is 29.2 Å². The van der Waals surface area contributed by atoms with Gasteiger partial charge in [-0.2, -0.15) is 0 Å².